The summed E-state index contributed by atoms with van der Waals surface area (Å²) in [6.45, 7) is 0.546. The molecule has 0 radical (unpaired) electrons. The van der Waals surface area contributed by atoms with Crippen molar-refractivity contribution in [3.63, 3.8) is 0 Å². The molecular weight excluding hydrogens is 378 g/mol. The van der Waals surface area contributed by atoms with Crippen molar-refractivity contribution in [1.29, 1.82) is 0 Å². The first-order chi connectivity index (χ1) is 14.7. The molecule has 1 unspecified atom stereocenters. The fourth-order valence-electron chi connectivity index (χ4n) is 4.13. The number of rotatable bonds is 5. The predicted octanol–water partition coefficient (Wildman–Crippen LogP) is 3.52. The number of hydrogen-bond acceptors (Lipinski definition) is 6. The molecule has 4 rings (SSSR count). The van der Waals surface area contributed by atoms with Crippen LogP contribution < -0.4 is 0 Å². The number of aromatic nitrogens is 2. The van der Waals surface area contributed by atoms with Crippen molar-refractivity contribution in [3.05, 3.63) is 96.1 Å². The van der Waals surface area contributed by atoms with E-state index in [2.05, 4.69) is 14.9 Å². The quantitative estimate of drug-likeness (QED) is 0.481. The van der Waals surface area contributed by atoms with Gasteiger partial charge in [-0.1, -0.05) is 42.5 Å². The lowest BCUT2D eigenvalue weighted by molar-refractivity contribution is -0.157. The van der Waals surface area contributed by atoms with Gasteiger partial charge < -0.3 is 4.74 Å². The summed E-state index contributed by atoms with van der Waals surface area (Å²) in [7, 11) is 1.32. The van der Waals surface area contributed by atoms with E-state index in [1.54, 1.807) is 12.4 Å². The molecular formula is C24H23N3O3. The number of carbonyl (C=O) groups excluding carboxylic acids is 2. The molecule has 1 aromatic carbocycles. The van der Waals surface area contributed by atoms with Gasteiger partial charge in [-0.05, 0) is 29.8 Å². The van der Waals surface area contributed by atoms with Crippen LogP contribution in [0.15, 0.2) is 79.1 Å². The highest BCUT2D eigenvalue weighted by Gasteiger charge is 2.48. The van der Waals surface area contributed by atoms with Crippen LogP contribution in [0.2, 0.25) is 0 Å². The van der Waals surface area contributed by atoms with E-state index in [4.69, 9.17) is 4.74 Å². The first-order valence-corrected chi connectivity index (χ1v) is 9.91. The maximum atomic E-state index is 13.2. The summed E-state index contributed by atoms with van der Waals surface area (Å²) in [6, 6.07) is 20.4. The smallest absolute Gasteiger partial charge is 0.318 e. The molecule has 6 nitrogen and oxygen atoms in total. The Kier molecular flexibility index (Phi) is 5.95. The third-order valence-corrected chi connectivity index (χ3v) is 5.50. The van der Waals surface area contributed by atoms with E-state index < -0.39 is 17.9 Å². The molecule has 6 heteroatoms. The zero-order valence-electron chi connectivity index (χ0n) is 16.7. The summed E-state index contributed by atoms with van der Waals surface area (Å²) in [6.07, 6.45) is 3.59. The van der Waals surface area contributed by atoms with E-state index >= 15 is 0 Å². The standard InChI is InChI=1S/C24H23N3O3/c1-30-24(29)22-21(28)15-20(18-11-5-7-13-25-18)27(16-17-9-3-2-4-10-17)23(22)19-12-6-8-14-26-19/h2-14,20,22-23H,15-16H2,1H3/t20-,22?,23-/m0/s1. The van der Waals surface area contributed by atoms with Crippen LogP contribution in [-0.4, -0.2) is 33.7 Å². The molecule has 3 aromatic rings. The number of Topliss-reactive ketones (excluding diaryl/α,β-unsaturated/α-hetero) is 1. The Bertz CT molecular complexity index is 996. The maximum absolute atomic E-state index is 13.2. The summed E-state index contributed by atoms with van der Waals surface area (Å²) in [5.41, 5.74) is 2.54. The van der Waals surface area contributed by atoms with Gasteiger partial charge in [0.2, 0.25) is 0 Å². The summed E-state index contributed by atoms with van der Waals surface area (Å²) < 4.78 is 5.02. The summed E-state index contributed by atoms with van der Waals surface area (Å²) in [5.74, 6) is -1.63. The lowest BCUT2D eigenvalue weighted by Gasteiger charge is -2.44. The second kappa shape index (κ2) is 8.97. The third kappa shape index (κ3) is 4.00. The lowest BCUT2D eigenvalue weighted by Crippen LogP contribution is -2.48. The number of benzene rings is 1. The zero-order chi connectivity index (χ0) is 20.9. The van der Waals surface area contributed by atoms with E-state index in [0.29, 0.717) is 12.2 Å². The molecule has 3 atom stereocenters. The van der Waals surface area contributed by atoms with Gasteiger partial charge in [0.05, 0.1) is 30.6 Å². The minimum Gasteiger partial charge on any atom is -0.468 e. The van der Waals surface area contributed by atoms with Gasteiger partial charge in [0.25, 0.3) is 0 Å². The highest BCUT2D eigenvalue weighted by molar-refractivity contribution is 6.00. The highest BCUT2D eigenvalue weighted by Crippen LogP contribution is 2.43. The number of nitrogens with zero attached hydrogens (tertiary/aromatic N) is 3. The van der Waals surface area contributed by atoms with Crippen molar-refractivity contribution >= 4 is 11.8 Å². The van der Waals surface area contributed by atoms with Gasteiger partial charge in [0.15, 0.2) is 5.78 Å². The van der Waals surface area contributed by atoms with E-state index in [-0.39, 0.29) is 18.2 Å². The van der Waals surface area contributed by atoms with Gasteiger partial charge in [-0.25, -0.2) is 0 Å². The monoisotopic (exact) mass is 401 g/mol. The molecule has 0 spiro atoms. The maximum Gasteiger partial charge on any atom is 0.318 e. The van der Waals surface area contributed by atoms with Gasteiger partial charge in [0.1, 0.15) is 5.92 Å². The Hall–Kier alpha value is -3.38. The summed E-state index contributed by atoms with van der Waals surface area (Å²) >= 11 is 0. The second-order valence-corrected chi connectivity index (χ2v) is 7.30. The lowest BCUT2D eigenvalue weighted by atomic mass is 9.81. The Morgan fingerprint density at radius 3 is 2.20 bits per heavy atom. The van der Waals surface area contributed by atoms with Crippen LogP contribution in [0.4, 0.5) is 0 Å². The minimum absolute atomic E-state index is 0.155. The molecule has 30 heavy (non-hydrogen) atoms. The number of likely N-dealkylation sites (tertiary alicyclic amines) is 1. The van der Waals surface area contributed by atoms with E-state index in [0.717, 1.165) is 11.3 Å². The molecule has 0 aliphatic carbocycles. The number of esters is 1. The van der Waals surface area contributed by atoms with Crippen molar-refractivity contribution in [2.24, 2.45) is 5.92 Å². The number of ether oxygens (including phenoxy) is 1. The van der Waals surface area contributed by atoms with Crippen LogP contribution in [0.3, 0.4) is 0 Å². The summed E-state index contributed by atoms with van der Waals surface area (Å²) in [5, 5.41) is 0. The SMILES string of the molecule is COC(=O)C1C(=O)C[C@@H](c2ccccn2)N(Cc2ccccc2)[C@H]1c1ccccn1. The first kappa shape index (κ1) is 19.9. The number of methoxy groups -OCH3 is 1. The van der Waals surface area contributed by atoms with Gasteiger partial charge in [-0.2, -0.15) is 0 Å². The van der Waals surface area contributed by atoms with Crippen LogP contribution >= 0.6 is 0 Å². The summed E-state index contributed by atoms with van der Waals surface area (Å²) in [4.78, 5) is 37.0. The van der Waals surface area contributed by atoms with Crippen molar-refractivity contribution in [1.82, 2.24) is 14.9 Å². The number of hydrogen-bond donors (Lipinski definition) is 0. The van der Waals surface area contributed by atoms with Crippen molar-refractivity contribution in [2.45, 2.75) is 25.0 Å². The molecule has 0 bridgehead atoms. The topological polar surface area (TPSA) is 72.4 Å². The second-order valence-electron chi connectivity index (χ2n) is 7.30. The van der Waals surface area contributed by atoms with Crippen molar-refractivity contribution < 1.29 is 14.3 Å². The molecule has 0 amide bonds. The minimum atomic E-state index is -0.937. The highest BCUT2D eigenvalue weighted by atomic mass is 16.5. The normalized spacial score (nSPS) is 21.9. The fraction of sp³-hybridized carbons (Fsp3) is 0.250. The van der Waals surface area contributed by atoms with Crippen LogP contribution in [-0.2, 0) is 20.9 Å². The molecule has 0 N–H and O–H groups in total. The molecule has 1 fully saturated rings. The zero-order valence-corrected chi connectivity index (χ0v) is 16.7. The number of piperidine rings is 1. The molecule has 0 saturated carbocycles. The van der Waals surface area contributed by atoms with Crippen molar-refractivity contribution in [2.75, 3.05) is 7.11 Å². The molecule has 1 saturated heterocycles. The predicted molar refractivity (Wildman–Crippen MR) is 111 cm³/mol. The molecule has 2 aromatic heterocycles. The van der Waals surface area contributed by atoms with Crippen molar-refractivity contribution in [3.8, 4) is 0 Å². The van der Waals surface area contributed by atoms with E-state index in [1.807, 2.05) is 66.7 Å². The largest absolute Gasteiger partial charge is 0.468 e. The van der Waals surface area contributed by atoms with Gasteiger partial charge in [0, 0.05) is 25.4 Å². The third-order valence-electron chi connectivity index (χ3n) is 5.50. The average molecular weight is 401 g/mol. The molecule has 1 aliphatic rings. The average Bonchev–Trinajstić information content (AvgIpc) is 2.81. The molecule has 152 valence electrons. The van der Waals surface area contributed by atoms with Crippen LogP contribution in [0.5, 0.6) is 0 Å². The van der Waals surface area contributed by atoms with Crippen LogP contribution in [0.25, 0.3) is 0 Å². The van der Waals surface area contributed by atoms with E-state index in [9.17, 15) is 9.59 Å². The van der Waals surface area contributed by atoms with Crippen LogP contribution in [0.1, 0.15) is 35.5 Å². The van der Waals surface area contributed by atoms with Gasteiger partial charge in [-0.3, -0.25) is 24.5 Å². The number of pyridine rings is 2. The fourth-order valence-corrected chi connectivity index (χ4v) is 4.13. The molecule has 3 heterocycles. The first-order valence-electron chi connectivity index (χ1n) is 9.91. The Morgan fingerprint density at radius 1 is 0.967 bits per heavy atom. The van der Waals surface area contributed by atoms with Gasteiger partial charge >= 0.3 is 5.97 Å². The Balaban J connectivity index is 1.84. The van der Waals surface area contributed by atoms with E-state index in [1.165, 1.54) is 7.11 Å². The Labute approximate surface area is 175 Å². The van der Waals surface area contributed by atoms with Gasteiger partial charge in [-0.15, -0.1) is 0 Å². The number of carbonyl (C=O) groups is 2. The Morgan fingerprint density at radius 2 is 1.60 bits per heavy atom. The molecule has 1 aliphatic heterocycles. The van der Waals surface area contributed by atoms with Crippen LogP contribution in [0, 0.1) is 5.92 Å². The number of ketones is 1.